The molecule has 0 radical (unpaired) electrons. The molecule has 0 aliphatic carbocycles. The Kier molecular flexibility index (Phi) is 8.06. The van der Waals surface area contributed by atoms with Gasteiger partial charge in [-0.25, -0.2) is 8.42 Å². The van der Waals surface area contributed by atoms with Crippen LogP contribution in [0.4, 0.5) is 0 Å². The average Bonchev–Trinajstić information content (AvgIpc) is 2.15. The molecule has 0 unspecified atom stereocenters. The highest BCUT2D eigenvalue weighted by Crippen LogP contribution is 2.19. The normalized spacial score (nSPS) is 10.9. The zero-order valence-corrected chi connectivity index (χ0v) is 13.3. The molecule has 0 heterocycles. The fourth-order valence-electron chi connectivity index (χ4n) is 1.03. The van der Waals surface area contributed by atoms with Crippen LogP contribution in [0.15, 0.2) is 29.2 Å². The molecule has 0 aliphatic rings. The number of hydrogen-bond donors (Lipinski definition) is 0. The Balaban J connectivity index is 0.000000487. The van der Waals surface area contributed by atoms with Gasteiger partial charge in [0.15, 0.2) is 0 Å². The van der Waals surface area contributed by atoms with Gasteiger partial charge in [-0.05, 0) is 18.1 Å². The van der Waals surface area contributed by atoms with Gasteiger partial charge < -0.3 is 0 Å². The second-order valence-corrected chi connectivity index (χ2v) is 11.6. The van der Waals surface area contributed by atoms with Gasteiger partial charge in [0.05, 0.1) is 4.90 Å². The van der Waals surface area contributed by atoms with Gasteiger partial charge in [-0.1, -0.05) is 25.1 Å². The molecule has 92 valence electrons. The largest absolute Gasteiger partial charge is 0.326 e. The Morgan fingerprint density at radius 3 is 1.94 bits per heavy atom. The van der Waals surface area contributed by atoms with Crippen LogP contribution in [-0.4, -0.2) is 15.1 Å². The summed E-state index contributed by atoms with van der Waals surface area (Å²) in [7, 11) is 1.64. The van der Waals surface area contributed by atoms with Crippen molar-refractivity contribution in [1.29, 1.82) is 0 Å². The van der Waals surface area contributed by atoms with Crippen LogP contribution in [0.3, 0.4) is 0 Å². The third kappa shape index (κ3) is 6.99. The number of halogens is 4. The lowest BCUT2D eigenvalue weighted by atomic mass is 10.2. The number of benzene rings is 1. The van der Waals surface area contributed by atoms with E-state index in [1.165, 1.54) is 6.07 Å². The van der Waals surface area contributed by atoms with Gasteiger partial charge in [-0.3, -0.25) is 0 Å². The van der Waals surface area contributed by atoms with Gasteiger partial charge in [0.1, 0.15) is 0 Å². The van der Waals surface area contributed by atoms with Gasteiger partial charge in [-0.2, -0.15) is 0 Å². The van der Waals surface area contributed by atoms with E-state index < -0.39 is 15.8 Å². The van der Waals surface area contributed by atoms with E-state index in [1.807, 2.05) is 6.92 Å². The maximum Gasteiger partial charge on any atom is 0.326 e. The first-order valence-corrected chi connectivity index (χ1v) is 11.8. The molecule has 2 nitrogen and oxygen atoms in total. The van der Waals surface area contributed by atoms with Crippen LogP contribution in [0, 0.1) is 0 Å². The van der Waals surface area contributed by atoms with E-state index in [0.29, 0.717) is 6.42 Å². The Morgan fingerprint density at radius 1 is 1.19 bits per heavy atom. The summed E-state index contributed by atoms with van der Waals surface area (Å²) in [5, 5.41) is 0. The van der Waals surface area contributed by atoms with E-state index in [4.69, 9.17) is 43.9 Å². The van der Waals surface area contributed by atoms with Crippen molar-refractivity contribution in [3.8, 4) is 0 Å². The highest BCUT2D eigenvalue weighted by atomic mass is 35.8. The lowest BCUT2D eigenvalue weighted by molar-refractivity contribution is 0.608. The summed E-state index contributed by atoms with van der Waals surface area (Å²) in [4.78, 5) is 0.217. The molecule has 0 amide bonds. The highest BCUT2D eigenvalue weighted by Gasteiger charge is 2.12. The lowest BCUT2D eigenvalue weighted by Crippen LogP contribution is -1.95. The first-order chi connectivity index (χ1) is 7.29. The molecular weight excluding hydrogens is 330 g/mol. The molecule has 0 atom stereocenters. The molecule has 0 bridgehead atoms. The fourth-order valence-corrected chi connectivity index (χ4v) is 2.25. The Labute approximate surface area is 116 Å². The van der Waals surface area contributed by atoms with Gasteiger partial charge >= 0.3 is 6.73 Å². The third-order valence-electron chi connectivity index (χ3n) is 1.62. The maximum atomic E-state index is 11.0. The smallest absolute Gasteiger partial charge is 0.207 e. The summed E-state index contributed by atoms with van der Waals surface area (Å²) >= 11 is 14.8. The average molecular weight is 340 g/mol. The van der Waals surface area contributed by atoms with E-state index in [2.05, 4.69) is 0 Å². The van der Waals surface area contributed by atoms with Crippen molar-refractivity contribution in [2.45, 2.75) is 18.2 Å². The molecule has 0 aliphatic heterocycles. The summed E-state index contributed by atoms with van der Waals surface area (Å²) in [6.45, 7) is 0.168. The summed E-state index contributed by atoms with van der Waals surface area (Å²) < 4.78 is 22.0. The predicted octanol–water partition coefficient (Wildman–Crippen LogP) is 3.60. The minimum atomic E-state index is -3.57. The van der Waals surface area contributed by atoms with E-state index in [9.17, 15) is 8.42 Å². The van der Waals surface area contributed by atoms with E-state index in [0.717, 1.165) is 5.56 Å². The fraction of sp³-hybridized carbons (Fsp3) is 0.250. The molecule has 0 saturated carbocycles. The van der Waals surface area contributed by atoms with Crippen molar-refractivity contribution in [2.24, 2.45) is 0 Å². The number of aryl methyl sites for hydroxylation is 1. The number of rotatable bonds is 2. The molecule has 0 saturated heterocycles. The van der Waals surface area contributed by atoms with Crippen LogP contribution < -0.4 is 0 Å². The van der Waals surface area contributed by atoms with Gasteiger partial charge in [0, 0.05) is 10.7 Å². The molecule has 0 N–H and O–H groups in total. The minimum Gasteiger partial charge on any atom is -0.207 e. The first-order valence-electron chi connectivity index (χ1n) is 4.23. The van der Waals surface area contributed by atoms with Crippen LogP contribution >= 0.6 is 43.9 Å². The molecule has 0 spiro atoms. The molecule has 1 aromatic rings. The monoisotopic (exact) mass is 338 g/mol. The van der Waals surface area contributed by atoms with Crippen molar-refractivity contribution < 1.29 is 8.42 Å². The van der Waals surface area contributed by atoms with Gasteiger partial charge in [0.25, 0.3) is 9.05 Å². The van der Waals surface area contributed by atoms with Crippen LogP contribution in [0.5, 0.6) is 0 Å². The Hall–Kier alpha value is 0.547. The van der Waals surface area contributed by atoms with Crippen molar-refractivity contribution in [3.63, 3.8) is 0 Å². The van der Waals surface area contributed by atoms with E-state index in [-0.39, 0.29) is 4.90 Å². The second kappa shape index (κ2) is 7.79. The van der Waals surface area contributed by atoms with Crippen molar-refractivity contribution in [2.75, 3.05) is 0 Å². The van der Waals surface area contributed by atoms with E-state index in [1.54, 1.807) is 18.2 Å². The van der Waals surface area contributed by atoms with Crippen molar-refractivity contribution >= 4 is 59.7 Å². The molecule has 0 aromatic heterocycles. The Morgan fingerprint density at radius 2 is 1.62 bits per heavy atom. The first kappa shape index (κ1) is 16.5. The maximum absolute atomic E-state index is 11.0. The topological polar surface area (TPSA) is 34.1 Å². The third-order valence-corrected chi connectivity index (χ3v) is 3.04. The van der Waals surface area contributed by atoms with Crippen LogP contribution in [0.2, 0.25) is 0 Å². The van der Waals surface area contributed by atoms with Gasteiger partial charge in [-0.15, -0.1) is 33.2 Å². The minimum absolute atomic E-state index is 0.217. The summed E-state index contributed by atoms with van der Waals surface area (Å²) in [5.41, 5.74) is 0.757. The van der Waals surface area contributed by atoms with Crippen LogP contribution in [0.25, 0.3) is 0 Å². The molecule has 16 heavy (non-hydrogen) atoms. The van der Waals surface area contributed by atoms with E-state index >= 15 is 0 Å². The predicted molar refractivity (Wildman–Crippen MR) is 73.6 cm³/mol. The molecular formula is C8H10Cl4O2SSi. The molecule has 1 aromatic carbocycles. The second-order valence-electron chi connectivity index (χ2n) is 2.65. The van der Waals surface area contributed by atoms with Crippen LogP contribution in [0.1, 0.15) is 12.5 Å². The summed E-state index contributed by atoms with van der Waals surface area (Å²) in [6, 6.07) is 6.73. The zero-order valence-electron chi connectivity index (χ0n) is 8.33. The van der Waals surface area contributed by atoms with Gasteiger partial charge in [0.2, 0.25) is 0 Å². The quantitative estimate of drug-likeness (QED) is 0.468. The molecule has 8 heteroatoms. The van der Waals surface area contributed by atoms with Crippen LogP contribution in [-0.2, 0) is 15.5 Å². The zero-order chi connectivity index (χ0) is 12.8. The number of hydrogen-bond acceptors (Lipinski definition) is 2. The molecule has 1 rings (SSSR count). The Bertz CT molecular complexity index is 419. The van der Waals surface area contributed by atoms with Crippen molar-refractivity contribution in [3.05, 3.63) is 29.8 Å². The summed E-state index contributed by atoms with van der Waals surface area (Å²) in [5.74, 6) is 0. The van der Waals surface area contributed by atoms with Crippen molar-refractivity contribution in [1.82, 2.24) is 0 Å². The highest BCUT2D eigenvalue weighted by molar-refractivity contribution is 8.13. The lowest BCUT2D eigenvalue weighted by Gasteiger charge is -2.01. The molecule has 0 fully saturated rings. The standard InChI is InChI=1S/C8H9ClO2S.Cl3HSi/c1-2-7-5-3-4-6-8(7)12(9,10)11;1-4(2)3/h3-6H,2H2,1H3;4H. The summed E-state index contributed by atoms with van der Waals surface area (Å²) in [6.07, 6.45) is 0.669. The SMILES string of the molecule is CCc1ccccc1S(=O)(=O)Cl.Cl[SiH](Cl)Cl.